The van der Waals surface area contributed by atoms with Gasteiger partial charge < -0.3 is 4.74 Å². The second-order valence-corrected chi connectivity index (χ2v) is 5.55. The Morgan fingerprint density at radius 2 is 2.21 bits per heavy atom. The molecule has 2 atom stereocenters. The summed E-state index contributed by atoms with van der Waals surface area (Å²) in [5.74, 6) is 7.16. The Labute approximate surface area is 115 Å². The van der Waals surface area contributed by atoms with Crippen molar-refractivity contribution in [1.29, 1.82) is 0 Å². The topological polar surface area (TPSA) is 78.0 Å². The van der Waals surface area contributed by atoms with E-state index in [0.717, 1.165) is 18.8 Å². The summed E-state index contributed by atoms with van der Waals surface area (Å²) in [6.45, 7) is 9.33. The third-order valence-corrected chi connectivity index (χ3v) is 3.73. The molecule has 1 rings (SSSR count). The highest BCUT2D eigenvalue weighted by Gasteiger charge is 2.33. The lowest BCUT2D eigenvalue weighted by atomic mass is 9.91. The first-order valence-corrected chi connectivity index (χ1v) is 6.84. The highest BCUT2D eigenvalue weighted by atomic mass is 16.5. The molecule has 0 bridgehead atoms. The maximum Gasteiger partial charge on any atom is 0.138 e. The van der Waals surface area contributed by atoms with E-state index in [1.807, 2.05) is 4.68 Å². The van der Waals surface area contributed by atoms with Crippen LogP contribution >= 0.6 is 0 Å². The smallest absolute Gasteiger partial charge is 0.138 e. The summed E-state index contributed by atoms with van der Waals surface area (Å²) in [6, 6.07) is -0.00221. The largest absolute Gasteiger partial charge is 0.377 e. The molecule has 0 aromatic carbocycles. The Balaban J connectivity index is 2.84. The Bertz CT molecular complexity index is 373. The first kappa shape index (κ1) is 16.1. The lowest BCUT2D eigenvalue weighted by Crippen LogP contribution is -2.54. The first-order chi connectivity index (χ1) is 8.96. The van der Waals surface area contributed by atoms with Crippen molar-refractivity contribution < 1.29 is 4.74 Å². The van der Waals surface area contributed by atoms with E-state index < -0.39 is 0 Å². The van der Waals surface area contributed by atoms with Gasteiger partial charge in [0.2, 0.25) is 0 Å². The average Bonchev–Trinajstić information content (AvgIpc) is 2.81. The van der Waals surface area contributed by atoms with Gasteiger partial charge in [0.05, 0.1) is 11.6 Å². The van der Waals surface area contributed by atoms with Gasteiger partial charge in [0.1, 0.15) is 12.2 Å². The highest BCUT2D eigenvalue weighted by molar-refractivity contribution is 4.97. The maximum absolute atomic E-state index is 5.69. The summed E-state index contributed by atoms with van der Waals surface area (Å²) in [7, 11) is 1.71. The van der Waals surface area contributed by atoms with Gasteiger partial charge in [-0.2, -0.15) is 5.10 Å². The van der Waals surface area contributed by atoms with E-state index >= 15 is 0 Å². The number of nitrogens with two attached hydrogens (primary N) is 1. The van der Waals surface area contributed by atoms with Gasteiger partial charge in [0.25, 0.3) is 0 Å². The van der Waals surface area contributed by atoms with Gasteiger partial charge in [0.15, 0.2) is 0 Å². The zero-order chi connectivity index (χ0) is 14.5. The molecule has 3 N–H and O–H groups in total. The van der Waals surface area contributed by atoms with Crippen molar-refractivity contribution in [2.75, 3.05) is 7.11 Å². The minimum absolute atomic E-state index is 0.00221. The van der Waals surface area contributed by atoms with E-state index in [9.17, 15) is 0 Å². The van der Waals surface area contributed by atoms with Crippen LogP contribution in [0.2, 0.25) is 0 Å². The van der Waals surface area contributed by atoms with Crippen LogP contribution in [0.5, 0.6) is 0 Å². The molecular formula is C13H27N5O. The quantitative estimate of drug-likeness (QED) is 0.546. The van der Waals surface area contributed by atoms with E-state index in [4.69, 9.17) is 10.6 Å². The fourth-order valence-corrected chi connectivity index (χ4v) is 2.11. The van der Waals surface area contributed by atoms with Gasteiger partial charge in [-0.3, -0.25) is 11.3 Å². The van der Waals surface area contributed by atoms with E-state index in [2.05, 4.69) is 43.2 Å². The molecule has 6 heteroatoms. The summed E-state index contributed by atoms with van der Waals surface area (Å²) >= 11 is 0. The molecular weight excluding hydrogens is 242 g/mol. The van der Waals surface area contributed by atoms with Crippen molar-refractivity contribution in [1.82, 2.24) is 20.2 Å². The average molecular weight is 269 g/mol. The maximum atomic E-state index is 5.69. The van der Waals surface area contributed by atoms with Crippen LogP contribution < -0.4 is 11.3 Å². The van der Waals surface area contributed by atoms with Crippen LogP contribution in [0.1, 0.15) is 39.9 Å². The van der Waals surface area contributed by atoms with Crippen molar-refractivity contribution in [2.24, 2.45) is 11.8 Å². The molecule has 110 valence electrons. The summed E-state index contributed by atoms with van der Waals surface area (Å²) in [5.41, 5.74) is 2.54. The summed E-state index contributed by atoms with van der Waals surface area (Å²) in [6.07, 6.45) is 3.17. The third-order valence-electron chi connectivity index (χ3n) is 3.73. The Morgan fingerprint density at radius 3 is 2.68 bits per heavy atom. The molecule has 0 aliphatic carbocycles. The van der Waals surface area contributed by atoms with Gasteiger partial charge in [-0.25, -0.2) is 9.67 Å². The molecule has 1 heterocycles. The predicted molar refractivity (Wildman–Crippen MR) is 75.4 cm³/mol. The standard InChI is InChI=1S/C13H27N5O/c1-6-13(4,19-5)11(17-14)7-12-15-9-16-18(12)8-10(2)3/h9-11,17H,6-8,14H2,1-5H3. The molecule has 6 nitrogen and oxygen atoms in total. The van der Waals surface area contributed by atoms with Crippen LogP contribution in [0.4, 0.5) is 0 Å². The van der Waals surface area contributed by atoms with Gasteiger partial charge in [0, 0.05) is 20.1 Å². The molecule has 19 heavy (non-hydrogen) atoms. The molecule has 0 saturated heterocycles. The Hall–Kier alpha value is -0.980. The van der Waals surface area contributed by atoms with Gasteiger partial charge in [-0.1, -0.05) is 20.8 Å². The minimum Gasteiger partial charge on any atom is -0.377 e. The number of hydrazine groups is 1. The van der Waals surface area contributed by atoms with E-state index in [0.29, 0.717) is 12.3 Å². The summed E-state index contributed by atoms with van der Waals surface area (Å²) in [4.78, 5) is 4.34. The molecule has 0 aliphatic rings. The molecule has 0 saturated carbocycles. The fraction of sp³-hybridized carbons (Fsp3) is 0.846. The third kappa shape index (κ3) is 3.99. The molecule has 0 radical (unpaired) electrons. The number of nitrogens with one attached hydrogen (secondary N) is 1. The van der Waals surface area contributed by atoms with Crippen LogP contribution in [-0.2, 0) is 17.7 Å². The second kappa shape index (κ2) is 6.98. The first-order valence-electron chi connectivity index (χ1n) is 6.84. The normalized spacial score (nSPS) is 16.6. The van der Waals surface area contributed by atoms with Gasteiger partial charge in [-0.15, -0.1) is 0 Å². The highest BCUT2D eigenvalue weighted by Crippen LogP contribution is 2.21. The van der Waals surface area contributed by atoms with E-state index in [-0.39, 0.29) is 11.6 Å². The number of methoxy groups -OCH3 is 1. The van der Waals surface area contributed by atoms with Gasteiger partial charge >= 0.3 is 0 Å². The van der Waals surface area contributed by atoms with E-state index in [1.54, 1.807) is 13.4 Å². The molecule has 1 aromatic rings. The van der Waals surface area contributed by atoms with Crippen molar-refractivity contribution in [3.63, 3.8) is 0 Å². The SMILES string of the molecule is CCC(C)(OC)C(Cc1ncnn1CC(C)C)NN. The van der Waals surface area contributed by atoms with Gasteiger partial charge in [-0.05, 0) is 19.3 Å². The zero-order valence-electron chi connectivity index (χ0n) is 12.7. The summed E-state index contributed by atoms with van der Waals surface area (Å²) in [5, 5.41) is 4.27. The summed E-state index contributed by atoms with van der Waals surface area (Å²) < 4.78 is 7.55. The number of nitrogens with zero attached hydrogens (tertiary/aromatic N) is 3. The number of rotatable bonds is 8. The Kier molecular flexibility index (Phi) is 5.90. The zero-order valence-corrected chi connectivity index (χ0v) is 12.7. The van der Waals surface area contributed by atoms with Crippen molar-refractivity contribution in [2.45, 2.75) is 58.7 Å². The molecule has 0 spiro atoms. The van der Waals surface area contributed by atoms with Crippen LogP contribution in [0.3, 0.4) is 0 Å². The van der Waals surface area contributed by atoms with Crippen molar-refractivity contribution in [3.05, 3.63) is 12.2 Å². The number of aromatic nitrogens is 3. The van der Waals surface area contributed by atoms with Crippen LogP contribution in [0.25, 0.3) is 0 Å². The molecule has 2 unspecified atom stereocenters. The molecule has 0 aliphatic heterocycles. The van der Waals surface area contributed by atoms with Crippen LogP contribution in [0, 0.1) is 5.92 Å². The Morgan fingerprint density at radius 1 is 1.53 bits per heavy atom. The lowest BCUT2D eigenvalue weighted by molar-refractivity contribution is -0.0295. The van der Waals surface area contributed by atoms with Crippen molar-refractivity contribution in [3.8, 4) is 0 Å². The lowest BCUT2D eigenvalue weighted by Gasteiger charge is -2.35. The monoisotopic (exact) mass is 269 g/mol. The van der Waals surface area contributed by atoms with E-state index in [1.165, 1.54) is 0 Å². The van der Waals surface area contributed by atoms with Crippen LogP contribution in [-0.4, -0.2) is 33.5 Å². The molecule has 1 aromatic heterocycles. The fourth-order valence-electron chi connectivity index (χ4n) is 2.11. The number of ether oxygens (including phenoxy) is 1. The molecule has 0 amide bonds. The second-order valence-electron chi connectivity index (χ2n) is 5.55. The number of hydrogen-bond donors (Lipinski definition) is 2. The van der Waals surface area contributed by atoms with Crippen molar-refractivity contribution >= 4 is 0 Å². The predicted octanol–water partition coefficient (Wildman–Crippen LogP) is 1.12. The minimum atomic E-state index is -0.316. The van der Waals surface area contributed by atoms with Crippen LogP contribution in [0.15, 0.2) is 6.33 Å². The molecule has 0 fully saturated rings. The number of hydrogen-bond acceptors (Lipinski definition) is 5.